The molecule has 0 aliphatic heterocycles. The number of hydrogen-bond acceptors (Lipinski definition) is 5. The lowest BCUT2D eigenvalue weighted by atomic mass is 10.1. The van der Waals surface area contributed by atoms with E-state index >= 15 is 0 Å². The van der Waals surface area contributed by atoms with Crippen molar-refractivity contribution in [3.63, 3.8) is 0 Å². The van der Waals surface area contributed by atoms with Gasteiger partial charge in [-0.3, -0.25) is 14.4 Å². The van der Waals surface area contributed by atoms with Gasteiger partial charge < -0.3 is 11.5 Å². The van der Waals surface area contributed by atoms with E-state index in [1.807, 2.05) is 6.07 Å². The number of rotatable bonds is 5. The third-order valence-corrected chi connectivity index (χ3v) is 6.27. The van der Waals surface area contributed by atoms with Crippen LogP contribution >= 0.6 is 31.9 Å². The maximum Gasteiger partial charge on any atom is 0.187 e. The van der Waals surface area contributed by atoms with Gasteiger partial charge in [-0.05, 0) is 55.0 Å². The van der Waals surface area contributed by atoms with Gasteiger partial charge in [0.15, 0.2) is 22.9 Å². The molecule has 0 atom stereocenters. The van der Waals surface area contributed by atoms with Crippen LogP contribution in [-0.2, 0) is 0 Å². The summed E-state index contributed by atoms with van der Waals surface area (Å²) in [6.07, 6.45) is 3.94. The molecule has 0 saturated carbocycles. The number of Topliss-reactive ketones (excluding diaryl/α,β-unsaturated/α-hetero) is 1. The van der Waals surface area contributed by atoms with Crippen LogP contribution in [-0.4, -0.2) is 17.9 Å². The van der Waals surface area contributed by atoms with E-state index in [0.29, 0.717) is 39.4 Å². The number of anilines is 2. The Morgan fingerprint density at radius 3 is 1.56 bits per heavy atom. The number of nitrogens with two attached hydrogens (primary N) is 2. The molecule has 0 aliphatic carbocycles. The SMILES string of the molecule is CC(=O)c1cc(Br)ccc1N.[C-]#[N+]c1ccc(/C=C/C(=O)c2cc(Br)ccc2N)cc1.[C-]#[N+]c1ccc(C=O)cc1. The van der Waals surface area contributed by atoms with Crippen LogP contribution in [0.4, 0.5) is 22.7 Å². The zero-order valence-corrected chi connectivity index (χ0v) is 25.0. The van der Waals surface area contributed by atoms with Crippen molar-refractivity contribution in [1.82, 2.24) is 0 Å². The molecule has 0 fully saturated rings. The van der Waals surface area contributed by atoms with Crippen molar-refractivity contribution in [2.45, 2.75) is 6.92 Å². The standard InChI is InChI=1S/C16H11BrN2O.C8H8BrNO.C8H5NO/c1-19-13-6-2-11(3-7-13)4-9-16(20)14-10-12(17)5-8-15(14)18;1-5(11)7-4-6(9)2-3-8(7)10;1-9-8-4-2-7(6-10)3-5-8/h2-10H,18H2;2-4H,10H2,1H3;2-6H/b9-4+;;. The van der Waals surface area contributed by atoms with Crippen LogP contribution in [0.5, 0.6) is 0 Å². The van der Waals surface area contributed by atoms with E-state index in [1.54, 1.807) is 84.9 Å². The molecular weight excluding hydrogens is 648 g/mol. The van der Waals surface area contributed by atoms with Crippen LogP contribution in [0.1, 0.15) is 43.6 Å². The molecule has 4 rings (SSSR count). The van der Waals surface area contributed by atoms with E-state index in [2.05, 4.69) is 41.5 Å². The van der Waals surface area contributed by atoms with E-state index in [4.69, 9.17) is 24.6 Å². The molecule has 0 bridgehead atoms. The Hall–Kier alpha value is -4.83. The minimum atomic E-state index is -0.155. The van der Waals surface area contributed by atoms with Crippen molar-refractivity contribution in [3.8, 4) is 0 Å². The average Bonchev–Trinajstić information content (AvgIpc) is 2.99. The molecule has 4 aromatic carbocycles. The highest BCUT2D eigenvalue weighted by atomic mass is 79.9. The number of nitrogens with zero attached hydrogens (tertiary/aromatic N) is 2. The number of carbonyl (C=O) groups is 3. The molecule has 4 N–H and O–H groups in total. The summed E-state index contributed by atoms with van der Waals surface area (Å²) in [5, 5.41) is 0. The first kappa shape index (κ1) is 32.4. The summed E-state index contributed by atoms with van der Waals surface area (Å²) < 4.78 is 1.68. The largest absolute Gasteiger partial charge is 0.398 e. The van der Waals surface area contributed by atoms with Crippen molar-refractivity contribution < 1.29 is 14.4 Å². The number of nitrogen functional groups attached to an aromatic ring is 2. The Labute approximate surface area is 255 Å². The van der Waals surface area contributed by atoms with Gasteiger partial charge in [-0.1, -0.05) is 86.5 Å². The van der Waals surface area contributed by atoms with Gasteiger partial charge in [-0.2, -0.15) is 0 Å². The number of benzene rings is 4. The highest BCUT2D eigenvalue weighted by Gasteiger charge is 2.07. The van der Waals surface area contributed by atoms with Crippen LogP contribution in [0.25, 0.3) is 15.8 Å². The van der Waals surface area contributed by atoms with E-state index in [1.165, 1.54) is 13.0 Å². The minimum Gasteiger partial charge on any atom is -0.398 e. The summed E-state index contributed by atoms with van der Waals surface area (Å²) >= 11 is 6.57. The second-order valence-electron chi connectivity index (χ2n) is 8.24. The van der Waals surface area contributed by atoms with Gasteiger partial charge >= 0.3 is 0 Å². The number of carbonyl (C=O) groups excluding carboxylic acids is 3. The van der Waals surface area contributed by atoms with Crippen molar-refractivity contribution >= 4 is 78.5 Å². The van der Waals surface area contributed by atoms with Crippen molar-refractivity contribution in [2.75, 3.05) is 11.5 Å². The third kappa shape index (κ3) is 10.7. The van der Waals surface area contributed by atoms with Crippen molar-refractivity contribution in [1.29, 1.82) is 0 Å². The molecule has 7 nitrogen and oxygen atoms in total. The predicted octanol–water partition coefficient (Wildman–Crippen LogP) is 8.76. The second kappa shape index (κ2) is 16.3. The van der Waals surface area contributed by atoms with E-state index in [-0.39, 0.29) is 11.6 Å². The number of allylic oxidation sites excluding steroid dienone is 1. The normalized spacial score (nSPS) is 9.68. The van der Waals surface area contributed by atoms with Gasteiger partial charge in [-0.15, -0.1) is 0 Å². The fraction of sp³-hybridized carbons (Fsp3) is 0.0312. The Morgan fingerprint density at radius 2 is 1.15 bits per heavy atom. The zero-order chi connectivity index (χ0) is 30.4. The van der Waals surface area contributed by atoms with Crippen molar-refractivity contribution in [2.24, 2.45) is 0 Å². The molecule has 4 aromatic rings. The third-order valence-electron chi connectivity index (χ3n) is 5.28. The summed E-state index contributed by atoms with van der Waals surface area (Å²) in [6.45, 7) is 15.0. The second-order valence-corrected chi connectivity index (χ2v) is 10.1. The van der Waals surface area contributed by atoms with Crippen LogP contribution in [0.2, 0.25) is 0 Å². The van der Waals surface area contributed by atoms with E-state index < -0.39 is 0 Å². The van der Waals surface area contributed by atoms with Gasteiger partial charge in [0.2, 0.25) is 0 Å². The zero-order valence-electron chi connectivity index (χ0n) is 21.8. The number of aldehydes is 1. The smallest absolute Gasteiger partial charge is 0.187 e. The Balaban J connectivity index is 0.000000236. The van der Waals surface area contributed by atoms with Gasteiger partial charge in [-0.25, -0.2) is 9.69 Å². The summed E-state index contributed by atoms with van der Waals surface area (Å²) in [5.74, 6) is -0.165. The van der Waals surface area contributed by atoms with Crippen LogP contribution in [0.3, 0.4) is 0 Å². The van der Waals surface area contributed by atoms with Crippen LogP contribution in [0.15, 0.2) is 100.0 Å². The Bertz CT molecular complexity index is 1650. The molecule has 41 heavy (non-hydrogen) atoms. The highest BCUT2D eigenvalue weighted by Crippen LogP contribution is 2.20. The molecule has 9 heteroatoms. The van der Waals surface area contributed by atoms with Gasteiger partial charge in [0.1, 0.15) is 6.29 Å². The predicted molar refractivity (Wildman–Crippen MR) is 171 cm³/mol. The Morgan fingerprint density at radius 1 is 0.707 bits per heavy atom. The quantitative estimate of drug-likeness (QED) is 0.0724. The molecule has 0 unspecified atom stereocenters. The highest BCUT2D eigenvalue weighted by molar-refractivity contribution is 9.10. The number of halogens is 2. The first-order valence-electron chi connectivity index (χ1n) is 11.8. The average molecular weight is 672 g/mol. The summed E-state index contributed by atoms with van der Waals surface area (Å²) in [7, 11) is 0. The summed E-state index contributed by atoms with van der Waals surface area (Å²) in [5.41, 5.74) is 15.9. The number of hydrogen-bond donors (Lipinski definition) is 2. The lowest BCUT2D eigenvalue weighted by Crippen LogP contribution is -2.00. The monoisotopic (exact) mass is 670 g/mol. The minimum absolute atomic E-state index is 0.0104. The van der Waals surface area contributed by atoms with E-state index in [0.717, 1.165) is 20.8 Å². The van der Waals surface area contributed by atoms with Crippen molar-refractivity contribution in [3.05, 3.63) is 145 Å². The maximum atomic E-state index is 12.1. The summed E-state index contributed by atoms with van der Waals surface area (Å²) in [4.78, 5) is 39.6. The fourth-order valence-electron chi connectivity index (χ4n) is 3.12. The molecule has 0 radical (unpaired) electrons. The number of ketones is 2. The fourth-order valence-corrected chi connectivity index (χ4v) is 3.85. The molecule has 0 saturated heterocycles. The van der Waals surface area contributed by atoms with E-state index in [9.17, 15) is 14.4 Å². The molecule has 0 heterocycles. The first-order chi connectivity index (χ1) is 19.6. The lowest BCUT2D eigenvalue weighted by molar-refractivity contribution is 0.101. The molecule has 0 amide bonds. The van der Waals surface area contributed by atoms with Gasteiger partial charge in [0, 0.05) is 37.0 Å². The lowest BCUT2D eigenvalue weighted by Gasteiger charge is -2.02. The molecular formula is C32H24Br2N4O3. The van der Waals surface area contributed by atoms with Gasteiger partial charge in [0.25, 0.3) is 0 Å². The summed E-state index contributed by atoms with van der Waals surface area (Å²) in [6, 6.07) is 23.9. The van der Waals surface area contributed by atoms with Crippen LogP contribution < -0.4 is 11.5 Å². The molecule has 0 spiro atoms. The van der Waals surface area contributed by atoms with Crippen LogP contribution in [0, 0.1) is 13.1 Å². The molecule has 0 aromatic heterocycles. The topological polar surface area (TPSA) is 112 Å². The van der Waals surface area contributed by atoms with Gasteiger partial charge in [0.05, 0.1) is 13.1 Å². The Kier molecular flexibility index (Phi) is 12.9. The first-order valence-corrected chi connectivity index (χ1v) is 13.4. The molecule has 0 aliphatic rings. The molecule has 204 valence electrons. The maximum absolute atomic E-state index is 12.1.